The van der Waals surface area contributed by atoms with E-state index in [0.29, 0.717) is 12.2 Å². The molecule has 1 saturated carbocycles. The fraction of sp³-hybridized carbons (Fsp3) is 0.467. The number of hydrogen-bond acceptors (Lipinski definition) is 3. The van der Waals surface area contributed by atoms with Crippen molar-refractivity contribution in [1.29, 1.82) is 0 Å². The van der Waals surface area contributed by atoms with Gasteiger partial charge in [0, 0.05) is 12.0 Å². The molecule has 1 aromatic carbocycles. The molecular formula is C15H19FN4. The smallest absolute Gasteiger partial charge is 0.149 e. The number of aromatic nitrogens is 3. The van der Waals surface area contributed by atoms with Crippen molar-refractivity contribution >= 4 is 0 Å². The molecule has 2 N–H and O–H groups in total. The van der Waals surface area contributed by atoms with Crippen LogP contribution in [0.5, 0.6) is 0 Å². The quantitative estimate of drug-likeness (QED) is 0.936. The summed E-state index contributed by atoms with van der Waals surface area (Å²) in [5, 5.41) is 3.97. The first-order valence-electron chi connectivity index (χ1n) is 7.10. The second-order valence-corrected chi connectivity index (χ2v) is 5.55. The first-order valence-corrected chi connectivity index (χ1v) is 7.10. The van der Waals surface area contributed by atoms with Crippen molar-refractivity contribution in [1.82, 2.24) is 14.8 Å². The molecule has 0 unspecified atom stereocenters. The molecule has 0 aliphatic heterocycles. The largest absolute Gasteiger partial charge is 0.330 e. The molecule has 1 fully saturated rings. The highest BCUT2D eigenvalue weighted by atomic mass is 19.1. The number of halogens is 1. The van der Waals surface area contributed by atoms with Crippen LogP contribution in [-0.4, -0.2) is 21.3 Å². The van der Waals surface area contributed by atoms with Crippen molar-refractivity contribution in [3.63, 3.8) is 0 Å². The van der Waals surface area contributed by atoms with Crippen molar-refractivity contribution in [3.8, 4) is 5.69 Å². The molecule has 3 rings (SSSR count). The summed E-state index contributed by atoms with van der Waals surface area (Å²) in [6, 6.07) is 5.37. The Morgan fingerprint density at radius 2 is 2.05 bits per heavy atom. The molecule has 106 valence electrons. The summed E-state index contributed by atoms with van der Waals surface area (Å²) in [7, 11) is 0. The lowest BCUT2D eigenvalue weighted by Crippen LogP contribution is -2.37. The molecule has 1 aromatic heterocycles. The third kappa shape index (κ3) is 2.22. The Bertz CT molecular complexity index is 574. The number of rotatable bonds is 3. The van der Waals surface area contributed by atoms with E-state index in [4.69, 9.17) is 5.73 Å². The van der Waals surface area contributed by atoms with Gasteiger partial charge in [-0.25, -0.2) is 14.1 Å². The van der Waals surface area contributed by atoms with Gasteiger partial charge in [-0.15, -0.1) is 0 Å². The van der Waals surface area contributed by atoms with Crippen molar-refractivity contribution in [2.75, 3.05) is 6.54 Å². The highest BCUT2D eigenvalue weighted by Crippen LogP contribution is 2.39. The zero-order valence-corrected chi connectivity index (χ0v) is 11.4. The summed E-state index contributed by atoms with van der Waals surface area (Å²) in [4.78, 5) is 3.85. The molecule has 1 aliphatic carbocycles. The van der Waals surface area contributed by atoms with Gasteiger partial charge in [0.1, 0.15) is 24.2 Å². The van der Waals surface area contributed by atoms with Gasteiger partial charge in [0.15, 0.2) is 0 Å². The Morgan fingerprint density at radius 3 is 2.65 bits per heavy atom. The van der Waals surface area contributed by atoms with Crippen molar-refractivity contribution in [2.24, 2.45) is 5.73 Å². The fourth-order valence-electron chi connectivity index (χ4n) is 3.19. The van der Waals surface area contributed by atoms with Crippen LogP contribution in [0.1, 0.15) is 37.7 Å². The third-order valence-electron chi connectivity index (χ3n) is 4.43. The van der Waals surface area contributed by atoms with E-state index in [-0.39, 0.29) is 11.2 Å². The minimum atomic E-state index is -0.272. The van der Waals surface area contributed by atoms with Gasteiger partial charge in [0.05, 0.1) is 0 Å². The van der Waals surface area contributed by atoms with Gasteiger partial charge < -0.3 is 5.73 Å². The highest BCUT2D eigenvalue weighted by Gasteiger charge is 2.33. The Balaban J connectivity index is 1.97. The first kappa shape index (κ1) is 13.2. The lowest BCUT2D eigenvalue weighted by atomic mass is 9.69. The summed E-state index contributed by atoms with van der Waals surface area (Å²) < 4.78 is 15.8. The van der Waals surface area contributed by atoms with E-state index in [0.717, 1.165) is 18.4 Å². The minimum Gasteiger partial charge on any atom is -0.330 e. The van der Waals surface area contributed by atoms with Gasteiger partial charge in [-0.05, 0) is 30.5 Å². The molecule has 0 saturated heterocycles. The molecule has 0 amide bonds. The number of nitrogens with zero attached hydrogens (tertiary/aromatic N) is 3. The maximum atomic E-state index is 14.3. The number of benzene rings is 1. The lowest BCUT2D eigenvalue weighted by Gasteiger charge is -2.37. The van der Waals surface area contributed by atoms with Crippen LogP contribution < -0.4 is 5.73 Å². The molecule has 1 heterocycles. The standard InChI is InChI=1S/C15H19FN4/c16-13-8-12(15(9-17)6-2-1-3-7-15)4-5-14(13)20-11-18-10-19-20/h4-5,8,10-11H,1-3,6-7,9,17H2. The summed E-state index contributed by atoms with van der Waals surface area (Å²) in [5.74, 6) is -0.272. The topological polar surface area (TPSA) is 56.7 Å². The van der Waals surface area contributed by atoms with Gasteiger partial charge in [0.25, 0.3) is 0 Å². The van der Waals surface area contributed by atoms with Gasteiger partial charge in [-0.1, -0.05) is 25.3 Å². The molecular weight excluding hydrogens is 255 g/mol. The average molecular weight is 274 g/mol. The van der Waals surface area contributed by atoms with Crippen LogP contribution in [0.15, 0.2) is 30.9 Å². The average Bonchev–Trinajstić information content (AvgIpc) is 3.02. The van der Waals surface area contributed by atoms with E-state index in [2.05, 4.69) is 10.1 Å². The summed E-state index contributed by atoms with van der Waals surface area (Å²) in [6.45, 7) is 0.578. The molecule has 0 bridgehead atoms. The van der Waals surface area contributed by atoms with Crippen molar-refractivity contribution in [2.45, 2.75) is 37.5 Å². The second kappa shape index (κ2) is 5.32. The van der Waals surface area contributed by atoms with Gasteiger partial charge >= 0.3 is 0 Å². The summed E-state index contributed by atoms with van der Waals surface area (Å²) in [6.07, 6.45) is 8.58. The zero-order valence-electron chi connectivity index (χ0n) is 11.4. The van der Waals surface area contributed by atoms with E-state index in [9.17, 15) is 4.39 Å². The summed E-state index contributed by atoms with van der Waals surface area (Å²) >= 11 is 0. The predicted molar refractivity (Wildman–Crippen MR) is 75.1 cm³/mol. The number of hydrogen-bond donors (Lipinski definition) is 1. The van der Waals surface area contributed by atoms with Crippen LogP contribution in [0.25, 0.3) is 5.69 Å². The van der Waals surface area contributed by atoms with Crippen LogP contribution >= 0.6 is 0 Å². The van der Waals surface area contributed by atoms with Crippen molar-refractivity contribution < 1.29 is 4.39 Å². The van der Waals surface area contributed by atoms with Gasteiger partial charge in [-0.2, -0.15) is 5.10 Å². The Hall–Kier alpha value is -1.75. The number of nitrogens with two attached hydrogens (primary N) is 1. The zero-order chi connectivity index (χ0) is 14.0. The van der Waals surface area contributed by atoms with Gasteiger partial charge in [0.2, 0.25) is 0 Å². The predicted octanol–water partition coefficient (Wildman–Crippen LogP) is 2.57. The van der Waals surface area contributed by atoms with E-state index in [1.165, 1.54) is 36.6 Å². The molecule has 0 atom stereocenters. The van der Waals surface area contributed by atoms with E-state index in [1.807, 2.05) is 6.07 Å². The van der Waals surface area contributed by atoms with Crippen molar-refractivity contribution in [3.05, 3.63) is 42.2 Å². The maximum Gasteiger partial charge on any atom is 0.149 e. The van der Waals surface area contributed by atoms with Crippen LogP contribution in [0.2, 0.25) is 0 Å². The molecule has 1 aliphatic rings. The Kier molecular flexibility index (Phi) is 3.53. The minimum absolute atomic E-state index is 0.0556. The molecule has 20 heavy (non-hydrogen) atoms. The van der Waals surface area contributed by atoms with Crippen LogP contribution in [0, 0.1) is 5.82 Å². The molecule has 4 nitrogen and oxygen atoms in total. The lowest BCUT2D eigenvalue weighted by molar-refractivity contribution is 0.300. The highest BCUT2D eigenvalue weighted by molar-refractivity contribution is 5.39. The van der Waals surface area contributed by atoms with E-state index >= 15 is 0 Å². The molecule has 5 heteroatoms. The van der Waals surface area contributed by atoms with Gasteiger partial charge in [-0.3, -0.25) is 0 Å². The fourth-order valence-corrected chi connectivity index (χ4v) is 3.19. The van der Waals surface area contributed by atoms with Crippen LogP contribution in [-0.2, 0) is 5.41 Å². The third-order valence-corrected chi connectivity index (χ3v) is 4.43. The first-order chi connectivity index (χ1) is 9.75. The monoisotopic (exact) mass is 274 g/mol. The Labute approximate surface area is 117 Å². The molecule has 0 radical (unpaired) electrons. The maximum absolute atomic E-state index is 14.3. The Morgan fingerprint density at radius 1 is 1.25 bits per heavy atom. The molecule has 0 spiro atoms. The van der Waals surface area contributed by atoms with E-state index in [1.54, 1.807) is 12.1 Å². The van der Waals surface area contributed by atoms with Crippen LogP contribution in [0.4, 0.5) is 4.39 Å². The second-order valence-electron chi connectivity index (χ2n) is 5.55. The normalized spacial score (nSPS) is 18.1. The molecule has 2 aromatic rings. The summed E-state index contributed by atoms with van der Waals surface area (Å²) in [5.41, 5.74) is 7.39. The SMILES string of the molecule is NCC1(c2ccc(-n3cncn3)c(F)c2)CCCCC1. The van der Waals surface area contributed by atoms with Crippen LogP contribution in [0.3, 0.4) is 0 Å². The van der Waals surface area contributed by atoms with E-state index < -0.39 is 0 Å².